The summed E-state index contributed by atoms with van der Waals surface area (Å²) in [4.78, 5) is 11.9. The van der Waals surface area contributed by atoms with E-state index >= 15 is 0 Å². The maximum Gasteiger partial charge on any atom is 0.321 e. The lowest BCUT2D eigenvalue weighted by molar-refractivity contribution is 0.376. The van der Waals surface area contributed by atoms with E-state index in [4.69, 9.17) is 10.5 Å². The molecule has 0 spiro atoms. The molecule has 5 heteroatoms. The van der Waals surface area contributed by atoms with Gasteiger partial charge in [0.2, 0.25) is 5.95 Å². The van der Waals surface area contributed by atoms with Crippen molar-refractivity contribution < 1.29 is 4.74 Å². The molecule has 2 N–H and O–H groups in total. The number of aromatic nitrogens is 3. The minimum Gasteiger partial charge on any atom is -0.467 e. The Morgan fingerprint density at radius 3 is 2.67 bits per heavy atom. The van der Waals surface area contributed by atoms with Crippen LogP contribution in [0.4, 0.5) is 5.95 Å². The van der Waals surface area contributed by atoms with Gasteiger partial charge in [-0.1, -0.05) is 0 Å². The van der Waals surface area contributed by atoms with Crippen LogP contribution in [0.15, 0.2) is 0 Å². The fourth-order valence-electron chi connectivity index (χ4n) is 1.00. The van der Waals surface area contributed by atoms with Crippen molar-refractivity contribution in [3.8, 4) is 6.01 Å². The number of nitrogens with zero attached hydrogens (tertiary/aromatic N) is 3. The van der Waals surface area contributed by atoms with Crippen molar-refractivity contribution >= 4 is 5.95 Å². The highest BCUT2D eigenvalue weighted by Gasteiger charge is 2.27. The number of anilines is 1. The molecule has 0 bridgehead atoms. The second kappa shape index (κ2) is 2.58. The maximum atomic E-state index is 5.46. The molecular weight excluding hydrogens is 156 g/mol. The zero-order valence-corrected chi connectivity index (χ0v) is 6.82. The number of hydrogen-bond acceptors (Lipinski definition) is 5. The number of ether oxygens (including phenoxy) is 1. The fourth-order valence-corrected chi connectivity index (χ4v) is 1.00. The van der Waals surface area contributed by atoms with Gasteiger partial charge in [-0.3, -0.25) is 0 Å². The van der Waals surface area contributed by atoms with E-state index in [-0.39, 0.29) is 5.95 Å². The van der Waals surface area contributed by atoms with E-state index in [1.165, 1.54) is 7.11 Å². The van der Waals surface area contributed by atoms with Crippen LogP contribution in [0.1, 0.15) is 24.6 Å². The van der Waals surface area contributed by atoms with Crippen LogP contribution >= 0.6 is 0 Å². The summed E-state index contributed by atoms with van der Waals surface area (Å²) in [5.41, 5.74) is 5.46. The molecular formula is C7H10N4O. The highest BCUT2D eigenvalue weighted by atomic mass is 16.5. The van der Waals surface area contributed by atoms with Gasteiger partial charge in [-0.05, 0) is 12.8 Å². The Labute approximate surface area is 70.0 Å². The molecule has 0 saturated heterocycles. The first-order chi connectivity index (χ1) is 5.79. The molecule has 1 heterocycles. The van der Waals surface area contributed by atoms with Gasteiger partial charge in [-0.2, -0.15) is 15.0 Å². The third kappa shape index (κ3) is 1.30. The molecule has 12 heavy (non-hydrogen) atoms. The first kappa shape index (κ1) is 7.27. The van der Waals surface area contributed by atoms with Crippen LogP contribution in [0.3, 0.4) is 0 Å². The average molecular weight is 166 g/mol. The summed E-state index contributed by atoms with van der Waals surface area (Å²) in [6.07, 6.45) is 2.29. The molecule has 2 rings (SSSR count). The van der Waals surface area contributed by atoms with Crippen LogP contribution in [-0.4, -0.2) is 22.1 Å². The average Bonchev–Trinajstić information content (AvgIpc) is 2.85. The van der Waals surface area contributed by atoms with Gasteiger partial charge in [0.1, 0.15) is 5.82 Å². The largest absolute Gasteiger partial charge is 0.467 e. The molecule has 1 fully saturated rings. The Balaban J connectivity index is 2.34. The molecule has 64 valence electrons. The Bertz CT molecular complexity index is 297. The maximum absolute atomic E-state index is 5.46. The Morgan fingerprint density at radius 1 is 1.33 bits per heavy atom. The number of methoxy groups -OCH3 is 1. The number of nitrogen functional groups attached to an aromatic ring is 1. The van der Waals surface area contributed by atoms with E-state index < -0.39 is 0 Å². The third-order valence-corrected chi connectivity index (χ3v) is 1.77. The Morgan fingerprint density at radius 2 is 2.08 bits per heavy atom. The number of hydrogen-bond donors (Lipinski definition) is 1. The van der Waals surface area contributed by atoms with E-state index in [1.807, 2.05) is 0 Å². The first-order valence-electron chi connectivity index (χ1n) is 3.85. The van der Waals surface area contributed by atoms with Crippen LogP contribution < -0.4 is 10.5 Å². The minimum absolute atomic E-state index is 0.240. The predicted octanol–water partition coefficient (Wildman–Crippen LogP) is 0.340. The second-order valence-electron chi connectivity index (χ2n) is 2.81. The molecule has 1 aromatic heterocycles. The lowest BCUT2D eigenvalue weighted by atomic mass is 10.4. The molecule has 0 unspecified atom stereocenters. The SMILES string of the molecule is COc1nc(N)nc(C2CC2)n1. The molecule has 0 atom stereocenters. The monoisotopic (exact) mass is 166 g/mol. The van der Waals surface area contributed by atoms with Crippen molar-refractivity contribution in [1.82, 2.24) is 15.0 Å². The van der Waals surface area contributed by atoms with Gasteiger partial charge in [0.15, 0.2) is 0 Å². The van der Waals surface area contributed by atoms with Crippen LogP contribution in [0.2, 0.25) is 0 Å². The third-order valence-electron chi connectivity index (χ3n) is 1.77. The lowest BCUT2D eigenvalue weighted by Gasteiger charge is -2.00. The zero-order chi connectivity index (χ0) is 8.55. The first-order valence-corrected chi connectivity index (χ1v) is 3.85. The van der Waals surface area contributed by atoms with Gasteiger partial charge in [0.25, 0.3) is 0 Å². The van der Waals surface area contributed by atoms with E-state index in [1.54, 1.807) is 0 Å². The smallest absolute Gasteiger partial charge is 0.321 e. The summed E-state index contributed by atoms with van der Waals surface area (Å²) in [6.45, 7) is 0. The van der Waals surface area contributed by atoms with Crippen molar-refractivity contribution in [3.05, 3.63) is 5.82 Å². The summed E-state index contributed by atoms with van der Waals surface area (Å²) in [6, 6.07) is 0.310. The molecule has 1 aromatic rings. The summed E-state index contributed by atoms with van der Waals surface area (Å²) < 4.78 is 4.87. The molecule has 0 aromatic carbocycles. The van der Waals surface area contributed by atoms with Crippen LogP contribution in [0, 0.1) is 0 Å². The van der Waals surface area contributed by atoms with Gasteiger partial charge < -0.3 is 10.5 Å². The second-order valence-corrected chi connectivity index (χ2v) is 2.81. The molecule has 5 nitrogen and oxygen atoms in total. The van der Waals surface area contributed by atoms with Gasteiger partial charge >= 0.3 is 6.01 Å². The predicted molar refractivity (Wildman–Crippen MR) is 42.8 cm³/mol. The highest BCUT2D eigenvalue weighted by molar-refractivity contribution is 5.21. The summed E-state index contributed by atoms with van der Waals surface area (Å²) in [7, 11) is 1.52. The zero-order valence-electron chi connectivity index (χ0n) is 6.82. The topological polar surface area (TPSA) is 73.9 Å². The van der Waals surface area contributed by atoms with Crippen molar-refractivity contribution in [2.24, 2.45) is 0 Å². The fraction of sp³-hybridized carbons (Fsp3) is 0.571. The van der Waals surface area contributed by atoms with Crippen molar-refractivity contribution in [2.45, 2.75) is 18.8 Å². The Hall–Kier alpha value is -1.39. The van der Waals surface area contributed by atoms with E-state index in [0.29, 0.717) is 11.9 Å². The van der Waals surface area contributed by atoms with Crippen molar-refractivity contribution in [3.63, 3.8) is 0 Å². The molecule has 1 aliphatic rings. The van der Waals surface area contributed by atoms with E-state index in [0.717, 1.165) is 18.7 Å². The normalized spacial score (nSPS) is 16.1. The molecule has 0 amide bonds. The van der Waals surface area contributed by atoms with Crippen LogP contribution in [0.5, 0.6) is 6.01 Å². The van der Waals surface area contributed by atoms with Crippen molar-refractivity contribution in [2.75, 3.05) is 12.8 Å². The summed E-state index contributed by atoms with van der Waals surface area (Å²) in [5.74, 6) is 1.48. The number of rotatable bonds is 2. The summed E-state index contributed by atoms with van der Waals surface area (Å²) in [5, 5.41) is 0. The van der Waals surface area contributed by atoms with Crippen LogP contribution in [-0.2, 0) is 0 Å². The molecule has 0 radical (unpaired) electrons. The lowest BCUT2D eigenvalue weighted by Crippen LogP contribution is -2.04. The highest BCUT2D eigenvalue weighted by Crippen LogP contribution is 2.38. The Kier molecular flexibility index (Phi) is 1.56. The van der Waals surface area contributed by atoms with E-state index in [2.05, 4.69) is 15.0 Å². The van der Waals surface area contributed by atoms with Gasteiger partial charge in [-0.25, -0.2) is 0 Å². The summed E-state index contributed by atoms with van der Waals surface area (Å²) >= 11 is 0. The van der Waals surface area contributed by atoms with Gasteiger partial charge in [-0.15, -0.1) is 0 Å². The molecule has 1 aliphatic carbocycles. The van der Waals surface area contributed by atoms with Gasteiger partial charge in [0, 0.05) is 5.92 Å². The molecule has 1 saturated carbocycles. The van der Waals surface area contributed by atoms with Gasteiger partial charge in [0.05, 0.1) is 7.11 Å². The molecule has 0 aliphatic heterocycles. The van der Waals surface area contributed by atoms with E-state index in [9.17, 15) is 0 Å². The van der Waals surface area contributed by atoms with Crippen molar-refractivity contribution in [1.29, 1.82) is 0 Å². The standard InChI is InChI=1S/C7H10N4O/c1-12-7-10-5(4-2-3-4)9-6(8)11-7/h4H,2-3H2,1H3,(H2,8,9,10,11). The minimum atomic E-state index is 0.240. The quantitative estimate of drug-likeness (QED) is 0.685. The number of nitrogens with two attached hydrogens (primary N) is 1. The van der Waals surface area contributed by atoms with Crippen LogP contribution in [0.25, 0.3) is 0 Å².